The molecule has 0 aliphatic rings. The maximum atomic E-state index is 12.2. The number of carbonyl (C=O) groups is 1. The molecule has 0 saturated heterocycles. The Morgan fingerprint density at radius 3 is 2.17 bits per heavy atom. The molecule has 0 aliphatic carbocycles. The van der Waals surface area contributed by atoms with E-state index in [1.165, 1.54) is 24.0 Å². The van der Waals surface area contributed by atoms with E-state index < -0.39 is 0 Å². The molecule has 0 saturated carbocycles. The lowest BCUT2D eigenvalue weighted by Gasteiger charge is -2.10. The number of unbranched alkanes of at least 4 members (excludes halogenated alkanes) is 1. The number of anilines is 1. The smallest absolute Gasteiger partial charge is 0.257 e. The molecule has 0 radical (unpaired) electrons. The number of hydrogen-bond donors (Lipinski definition) is 2. The fourth-order valence-electron chi connectivity index (χ4n) is 2.37. The van der Waals surface area contributed by atoms with Gasteiger partial charge in [-0.2, -0.15) is 0 Å². The van der Waals surface area contributed by atoms with Crippen LogP contribution in [-0.2, 0) is 12.8 Å². The van der Waals surface area contributed by atoms with Gasteiger partial charge in [-0.05, 0) is 66.9 Å². The average Bonchev–Trinajstić information content (AvgIpc) is 2.61. The third-order valence-electron chi connectivity index (χ3n) is 3.88. The minimum absolute atomic E-state index is 0.199. The number of aryl methyl sites for hydroxylation is 2. The molecule has 2 aromatic rings. The van der Waals surface area contributed by atoms with E-state index >= 15 is 0 Å². The number of rotatable bonds is 6. The SMILES string of the molecule is CCCCc1ccc(NC(=S)NC(=O)c2ccc(CC)cc2)cc1. The van der Waals surface area contributed by atoms with E-state index in [1.54, 1.807) is 0 Å². The van der Waals surface area contributed by atoms with Crippen molar-refractivity contribution in [3.8, 4) is 0 Å². The van der Waals surface area contributed by atoms with Gasteiger partial charge in [-0.25, -0.2) is 0 Å². The Balaban J connectivity index is 1.88. The molecule has 0 bridgehead atoms. The summed E-state index contributed by atoms with van der Waals surface area (Å²) in [5.74, 6) is -0.199. The molecule has 0 atom stereocenters. The van der Waals surface area contributed by atoms with Crippen LogP contribution in [0.3, 0.4) is 0 Å². The predicted octanol–water partition coefficient (Wildman–Crippen LogP) is 4.72. The van der Waals surface area contributed by atoms with Gasteiger partial charge >= 0.3 is 0 Å². The highest BCUT2D eigenvalue weighted by molar-refractivity contribution is 7.80. The van der Waals surface area contributed by atoms with E-state index in [2.05, 4.69) is 36.6 Å². The third kappa shape index (κ3) is 5.46. The zero-order valence-corrected chi connectivity index (χ0v) is 15.1. The second kappa shape index (κ2) is 9.18. The van der Waals surface area contributed by atoms with Gasteiger partial charge in [0.25, 0.3) is 5.91 Å². The van der Waals surface area contributed by atoms with Crippen LogP contribution in [0.25, 0.3) is 0 Å². The van der Waals surface area contributed by atoms with Crippen LogP contribution < -0.4 is 10.6 Å². The monoisotopic (exact) mass is 340 g/mol. The molecule has 126 valence electrons. The molecule has 0 spiro atoms. The summed E-state index contributed by atoms with van der Waals surface area (Å²) in [7, 11) is 0. The Hall–Kier alpha value is -2.20. The quantitative estimate of drug-likeness (QED) is 0.748. The predicted molar refractivity (Wildman–Crippen MR) is 105 cm³/mol. The first-order valence-electron chi connectivity index (χ1n) is 8.42. The van der Waals surface area contributed by atoms with Gasteiger partial charge in [-0.1, -0.05) is 44.5 Å². The van der Waals surface area contributed by atoms with Crippen LogP contribution in [0.5, 0.6) is 0 Å². The molecule has 2 rings (SSSR count). The van der Waals surface area contributed by atoms with Gasteiger partial charge in [0.15, 0.2) is 5.11 Å². The summed E-state index contributed by atoms with van der Waals surface area (Å²) in [5, 5.41) is 6.07. The van der Waals surface area contributed by atoms with Crippen molar-refractivity contribution < 1.29 is 4.79 Å². The molecule has 1 amide bonds. The van der Waals surface area contributed by atoms with E-state index in [-0.39, 0.29) is 5.91 Å². The van der Waals surface area contributed by atoms with Gasteiger partial charge in [0, 0.05) is 11.3 Å². The number of thiocarbonyl (C=S) groups is 1. The minimum Gasteiger partial charge on any atom is -0.332 e. The van der Waals surface area contributed by atoms with E-state index in [0.29, 0.717) is 10.7 Å². The van der Waals surface area contributed by atoms with E-state index in [9.17, 15) is 4.79 Å². The summed E-state index contributed by atoms with van der Waals surface area (Å²) >= 11 is 5.22. The Morgan fingerprint density at radius 2 is 1.58 bits per heavy atom. The van der Waals surface area contributed by atoms with Gasteiger partial charge < -0.3 is 5.32 Å². The normalized spacial score (nSPS) is 10.2. The molecule has 4 heteroatoms. The first-order chi connectivity index (χ1) is 11.6. The lowest BCUT2D eigenvalue weighted by atomic mass is 10.1. The number of benzene rings is 2. The van der Waals surface area contributed by atoms with Crippen LogP contribution in [0.15, 0.2) is 48.5 Å². The fourth-order valence-corrected chi connectivity index (χ4v) is 2.58. The summed E-state index contributed by atoms with van der Waals surface area (Å²) < 4.78 is 0. The van der Waals surface area contributed by atoms with Crippen LogP contribution in [0.2, 0.25) is 0 Å². The van der Waals surface area contributed by atoms with Crippen molar-refractivity contribution in [3.63, 3.8) is 0 Å². The van der Waals surface area contributed by atoms with Gasteiger partial charge in [-0.3, -0.25) is 10.1 Å². The molecule has 0 aromatic heterocycles. The number of hydrogen-bond acceptors (Lipinski definition) is 2. The zero-order chi connectivity index (χ0) is 17.4. The minimum atomic E-state index is -0.199. The third-order valence-corrected chi connectivity index (χ3v) is 4.09. The number of amides is 1. The van der Waals surface area contributed by atoms with Gasteiger partial charge in [0.2, 0.25) is 0 Å². The summed E-state index contributed by atoms with van der Waals surface area (Å²) in [5.41, 5.74) is 4.00. The molecule has 2 aromatic carbocycles. The Morgan fingerprint density at radius 1 is 0.958 bits per heavy atom. The van der Waals surface area contributed by atoms with Gasteiger partial charge in [-0.15, -0.1) is 0 Å². The fraction of sp³-hybridized carbons (Fsp3) is 0.300. The molecular formula is C20H24N2OS. The summed E-state index contributed by atoms with van der Waals surface area (Å²) in [6, 6.07) is 15.7. The Bertz CT molecular complexity index is 678. The molecular weight excluding hydrogens is 316 g/mol. The lowest BCUT2D eigenvalue weighted by molar-refractivity contribution is 0.0977. The molecule has 2 N–H and O–H groups in total. The van der Waals surface area contributed by atoms with Crippen molar-refractivity contribution in [1.29, 1.82) is 0 Å². The first kappa shape index (κ1) is 18.1. The molecule has 24 heavy (non-hydrogen) atoms. The summed E-state index contributed by atoms with van der Waals surface area (Å²) in [4.78, 5) is 12.2. The maximum absolute atomic E-state index is 12.2. The highest BCUT2D eigenvalue weighted by atomic mass is 32.1. The van der Waals surface area contributed by atoms with Crippen molar-refractivity contribution in [3.05, 3.63) is 65.2 Å². The maximum Gasteiger partial charge on any atom is 0.257 e. The largest absolute Gasteiger partial charge is 0.332 e. The highest BCUT2D eigenvalue weighted by Crippen LogP contribution is 2.12. The summed E-state index contributed by atoms with van der Waals surface area (Å²) in [6.45, 7) is 4.27. The Kier molecular flexibility index (Phi) is 6.94. The van der Waals surface area contributed by atoms with E-state index in [0.717, 1.165) is 18.5 Å². The van der Waals surface area contributed by atoms with Crippen LogP contribution in [0.4, 0.5) is 5.69 Å². The highest BCUT2D eigenvalue weighted by Gasteiger charge is 2.07. The topological polar surface area (TPSA) is 41.1 Å². The Labute approximate surface area is 149 Å². The standard InChI is InChI=1S/C20H24N2OS/c1-3-5-6-16-9-13-18(14-10-16)21-20(24)22-19(23)17-11-7-15(4-2)8-12-17/h7-14H,3-6H2,1-2H3,(H2,21,22,23,24). The lowest BCUT2D eigenvalue weighted by Crippen LogP contribution is -2.34. The van der Waals surface area contributed by atoms with Crippen molar-refractivity contribution in [2.75, 3.05) is 5.32 Å². The van der Waals surface area contributed by atoms with Crippen LogP contribution in [0.1, 0.15) is 48.2 Å². The zero-order valence-electron chi connectivity index (χ0n) is 14.3. The second-order valence-corrected chi connectivity index (χ2v) is 6.17. The molecule has 0 aliphatic heterocycles. The van der Waals surface area contributed by atoms with E-state index in [4.69, 9.17) is 12.2 Å². The number of carbonyl (C=O) groups excluding carboxylic acids is 1. The van der Waals surface area contributed by atoms with Crippen LogP contribution in [0, 0.1) is 0 Å². The number of nitrogens with one attached hydrogen (secondary N) is 2. The molecule has 0 heterocycles. The van der Waals surface area contributed by atoms with Crippen molar-refractivity contribution >= 4 is 28.9 Å². The van der Waals surface area contributed by atoms with Crippen molar-refractivity contribution in [2.24, 2.45) is 0 Å². The van der Waals surface area contributed by atoms with Crippen LogP contribution >= 0.6 is 12.2 Å². The van der Waals surface area contributed by atoms with Crippen molar-refractivity contribution in [1.82, 2.24) is 5.32 Å². The molecule has 0 fully saturated rings. The summed E-state index contributed by atoms with van der Waals surface area (Å²) in [6.07, 6.45) is 4.43. The van der Waals surface area contributed by atoms with E-state index in [1.807, 2.05) is 36.4 Å². The first-order valence-corrected chi connectivity index (χ1v) is 8.83. The van der Waals surface area contributed by atoms with Crippen molar-refractivity contribution in [2.45, 2.75) is 39.5 Å². The van der Waals surface area contributed by atoms with Gasteiger partial charge in [0.1, 0.15) is 0 Å². The second-order valence-electron chi connectivity index (χ2n) is 5.76. The van der Waals surface area contributed by atoms with Gasteiger partial charge in [0.05, 0.1) is 0 Å². The van der Waals surface area contributed by atoms with Crippen LogP contribution in [-0.4, -0.2) is 11.0 Å². The molecule has 3 nitrogen and oxygen atoms in total. The average molecular weight is 340 g/mol. The molecule has 0 unspecified atom stereocenters.